The van der Waals surface area contributed by atoms with Gasteiger partial charge in [0.25, 0.3) is 0 Å². The molecule has 0 radical (unpaired) electrons. The topological polar surface area (TPSA) is 26.0 Å². The Morgan fingerprint density at radius 1 is 0.944 bits per heavy atom. The quantitative estimate of drug-likeness (QED) is 0.874. The monoisotopic (exact) mass is 241 g/mol. The average molecular weight is 241 g/mol. The highest BCUT2D eigenvalue weighted by Gasteiger charge is 2.33. The fourth-order valence-corrected chi connectivity index (χ4v) is 2.91. The summed E-state index contributed by atoms with van der Waals surface area (Å²) in [6.07, 6.45) is -0.493. The first-order chi connectivity index (χ1) is 8.83. The smallest absolute Gasteiger partial charge is 0.112 e. The van der Waals surface area contributed by atoms with E-state index in [0.717, 1.165) is 22.3 Å². The maximum absolute atomic E-state index is 14.4. The first-order valence-electron chi connectivity index (χ1n) is 6.35. The molecule has 1 aliphatic rings. The van der Waals surface area contributed by atoms with Crippen molar-refractivity contribution in [2.45, 2.75) is 18.5 Å². The van der Waals surface area contributed by atoms with Gasteiger partial charge in [-0.25, -0.2) is 4.39 Å². The lowest BCUT2D eigenvalue weighted by molar-refractivity contribution is 0.291. The van der Waals surface area contributed by atoms with Crippen LogP contribution < -0.4 is 5.73 Å². The van der Waals surface area contributed by atoms with Gasteiger partial charge in [0.05, 0.1) is 0 Å². The van der Waals surface area contributed by atoms with Crippen molar-refractivity contribution >= 4 is 0 Å². The van der Waals surface area contributed by atoms with Gasteiger partial charge in [-0.15, -0.1) is 0 Å². The predicted octanol–water partition coefficient (Wildman–Crippen LogP) is 3.49. The molecular formula is C16H16FN. The third kappa shape index (κ3) is 1.65. The van der Waals surface area contributed by atoms with Crippen molar-refractivity contribution < 1.29 is 4.39 Å². The van der Waals surface area contributed by atoms with Crippen molar-refractivity contribution in [3.05, 3.63) is 59.7 Å². The van der Waals surface area contributed by atoms with Crippen LogP contribution in [0.2, 0.25) is 0 Å². The van der Waals surface area contributed by atoms with Crippen LogP contribution in [-0.2, 0) is 0 Å². The van der Waals surface area contributed by atoms with E-state index in [1.54, 1.807) is 0 Å². The molecule has 0 bridgehead atoms. The van der Waals surface area contributed by atoms with Crippen molar-refractivity contribution in [2.24, 2.45) is 5.73 Å². The molecular weight excluding hydrogens is 225 g/mol. The molecule has 1 aliphatic carbocycles. The van der Waals surface area contributed by atoms with E-state index in [1.807, 2.05) is 36.4 Å². The lowest BCUT2D eigenvalue weighted by Crippen LogP contribution is -2.17. The maximum Gasteiger partial charge on any atom is 0.112 e. The molecule has 1 unspecified atom stereocenters. The molecule has 0 aliphatic heterocycles. The Morgan fingerprint density at radius 3 is 1.94 bits per heavy atom. The van der Waals surface area contributed by atoms with Gasteiger partial charge in [-0.05, 0) is 35.2 Å². The molecule has 1 nitrogen and oxygen atoms in total. The van der Waals surface area contributed by atoms with Crippen molar-refractivity contribution in [1.82, 2.24) is 0 Å². The molecule has 3 rings (SSSR count). The molecule has 18 heavy (non-hydrogen) atoms. The Bertz CT molecular complexity index is 519. The minimum absolute atomic E-state index is 0.152. The highest BCUT2D eigenvalue weighted by atomic mass is 19.1. The van der Waals surface area contributed by atoms with Gasteiger partial charge in [-0.1, -0.05) is 48.5 Å². The van der Waals surface area contributed by atoms with Crippen LogP contribution in [0.4, 0.5) is 4.39 Å². The normalized spacial score (nSPS) is 15.2. The summed E-state index contributed by atoms with van der Waals surface area (Å²) in [6, 6.07) is 16.2. The average Bonchev–Trinajstić information content (AvgIpc) is 2.73. The van der Waals surface area contributed by atoms with Crippen molar-refractivity contribution in [2.75, 3.05) is 6.54 Å². The van der Waals surface area contributed by atoms with E-state index in [1.165, 1.54) is 0 Å². The van der Waals surface area contributed by atoms with E-state index >= 15 is 0 Å². The molecule has 0 saturated carbocycles. The second kappa shape index (κ2) is 4.54. The summed E-state index contributed by atoms with van der Waals surface area (Å²) in [5, 5.41) is 0. The van der Waals surface area contributed by atoms with Crippen molar-refractivity contribution in [3.8, 4) is 11.1 Å². The number of fused-ring (bicyclic) bond motifs is 3. The SMILES string of the molecule is NCCC(F)C1c2ccccc2-c2ccccc21. The number of hydrogen-bond acceptors (Lipinski definition) is 1. The summed E-state index contributed by atoms with van der Waals surface area (Å²) in [4.78, 5) is 0. The first-order valence-corrected chi connectivity index (χ1v) is 6.35. The first kappa shape index (κ1) is 11.4. The van der Waals surface area contributed by atoms with Gasteiger partial charge >= 0.3 is 0 Å². The number of halogens is 1. The van der Waals surface area contributed by atoms with E-state index < -0.39 is 6.17 Å². The van der Waals surface area contributed by atoms with E-state index in [9.17, 15) is 4.39 Å². The fourth-order valence-electron chi connectivity index (χ4n) is 2.91. The molecule has 0 aromatic heterocycles. The van der Waals surface area contributed by atoms with Crippen LogP contribution in [0.3, 0.4) is 0 Å². The molecule has 2 aromatic rings. The van der Waals surface area contributed by atoms with E-state index in [2.05, 4.69) is 12.1 Å². The van der Waals surface area contributed by atoms with E-state index in [4.69, 9.17) is 5.73 Å². The maximum atomic E-state index is 14.4. The summed E-state index contributed by atoms with van der Waals surface area (Å²) in [6.45, 7) is 0.391. The molecule has 0 fully saturated rings. The lowest BCUT2D eigenvalue weighted by atomic mass is 9.90. The second-order valence-electron chi connectivity index (χ2n) is 4.75. The molecule has 0 saturated heterocycles. The fraction of sp³-hybridized carbons (Fsp3) is 0.250. The zero-order valence-electron chi connectivity index (χ0n) is 10.1. The van der Waals surface area contributed by atoms with Crippen LogP contribution in [0.25, 0.3) is 11.1 Å². The Kier molecular flexibility index (Phi) is 2.88. The van der Waals surface area contributed by atoms with E-state index in [0.29, 0.717) is 13.0 Å². The van der Waals surface area contributed by atoms with Crippen molar-refractivity contribution in [3.63, 3.8) is 0 Å². The number of benzene rings is 2. The number of rotatable bonds is 3. The summed E-state index contributed by atoms with van der Waals surface area (Å²) < 4.78 is 14.4. The van der Waals surface area contributed by atoms with Crippen LogP contribution in [0.15, 0.2) is 48.5 Å². The number of alkyl halides is 1. The summed E-state index contributed by atoms with van der Waals surface area (Å²) >= 11 is 0. The van der Waals surface area contributed by atoms with Gasteiger partial charge < -0.3 is 5.73 Å². The zero-order chi connectivity index (χ0) is 12.5. The van der Waals surface area contributed by atoms with Gasteiger partial charge in [-0.2, -0.15) is 0 Å². The molecule has 0 spiro atoms. The molecule has 2 heteroatoms. The van der Waals surface area contributed by atoms with Crippen molar-refractivity contribution in [1.29, 1.82) is 0 Å². The van der Waals surface area contributed by atoms with Gasteiger partial charge in [0.2, 0.25) is 0 Å². The largest absolute Gasteiger partial charge is 0.330 e. The third-order valence-electron chi connectivity index (χ3n) is 3.69. The van der Waals surface area contributed by atoms with Crippen LogP contribution in [-0.4, -0.2) is 12.7 Å². The Morgan fingerprint density at radius 2 is 1.44 bits per heavy atom. The highest BCUT2D eigenvalue weighted by molar-refractivity contribution is 5.79. The molecule has 0 amide bonds. The predicted molar refractivity (Wildman–Crippen MR) is 72.3 cm³/mol. The lowest BCUT2D eigenvalue weighted by Gasteiger charge is -2.17. The molecule has 2 N–H and O–H groups in total. The minimum atomic E-state index is -0.903. The van der Waals surface area contributed by atoms with Gasteiger partial charge in [-0.3, -0.25) is 0 Å². The molecule has 0 heterocycles. The third-order valence-corrected chi connectivity index (χ3v) is 3.69. The Balaban J connectivity index is 2.14. The molecule has 2 aromatic carbocycles. The minimum Gasteiger partial charge on any atom is -0.330 e. The molecule has 1 atom stereocenters. The summed E-state index contributed by atoms with van der Waals surface area (Å²) in [5.74, 6) is -0.152. The van der Waals surface area contributed by atoms with Gasteiger partial charge in [0.15, 0.2) is 0 Å². The summed E-state index contributed by atoms with van der Waals surface area (Å²) in [5.41, 5.74) is 10.0. The summed E-state index contributed by atoms with van der Waals surface area (Å²) in [7, 11) is 0. The van der Waals surface area contributed by atoms with Gasteiger partial charge in [0.1, 0.15) is 6.17 Å². The molecule has 92 valence electrons. The second-order valence-corrected chi connectivity index (χ2v) is 4.75. The standard InChI is InChI=1S/C16H16FN/c17-15(9-10-18)16-13-7-3-1-5-11(13)12-6-2-4-8-14(12)16/h1-8,15-16H,9-10,18H2. The number of hydrogen-bond donors (Lipinski definition) is 1. The van der Waals surface area contributed by atoms with Crippen LogP contribution in [0.1, 0.15) is 23.5 Å². The van der Waals surface area contributed by atoms with Crippen LogP contribution >= 0.6 is 0 Å². The Hall–Kier alpha value is -1.67. The number of nitrogens with two attached hydrogens (primary N) is 1. The highest BCUT2D eigenvalue weighted by Crippen LogP contribution is 2.47. The van der Waals surface area contributed by atoms with E-state index in [-0.39, 0.29) is 5.92 Å². The van der Waals surface area contributed by atoms with Crippen LogP contribution in [0.5, 0.6) is 0 Å². The van der Waals surface area contributed by atoms with Crippen LogP contribution in [0, 0.1) is 0 Å². The zero-order valence-corrected chi connectivity index (χ0v) is 10.1. The van der Waals surface area contributed by atoms with Gasteiger partial charge in [0, 0.05) is 5.92 Å². The Labute approximate surface area is 106 Å².